The van der Waals surface area contributed by atoms with Crippen molar-refractivity contribution >= 4 is 41.2 Å². The summed E-state index contributed by atoms with van der Waals surface area (Å²) >= 11 is 0. The number of nitrogens with zero attached hydrogens (tertiary/aromatic N) is 4. The fraction of sp³-hybridized carbons (Fsp3) is 0.200. The van der Waals surface area contributed by atoms with Gasteiger partial charge in [-0.1, -0.05) is 73.5 Å². The lowest BCUT2D eigenvalue weighted by Crippen LogP contribution is -2.53. The first-order chi connectivity index (χ1) is 17.0. The molecule has 0 aliphatic carbocycles. The van der Waals surface area contributed by atoms with Crippen LogP contribution in [-0.4, -0.2) is 8.07 Å². The molecule has 4 aromatic rings. The van der Waals surface area contributed by atoms with Crippen molar-refractivity contribution in [1.82, 2.24) is 0 Å². The maximum Gasteiger partial charge on any atom is 0.119 e. The average molecular weight is 475 g/mol. The first kappa shape index (κ1) is 23.1. The fourth-order valence-electron chi connectivity index (χ4n) is 5.08. The van der Waals surface area contributed by atoms with Gasteiger partial charge in [0.1, 0.15) is 8.07 Å². The molecule has 0 bridgehead atoms. The molecular weight excluding hydrogens is 444 g/mol. The van der Waals surface area contributed by atoms with E-state index in [0.29, 0.717) is 0 Å². The second kappa shape index (κ2) is 9.51. The minimum Gasteiger partial charge on any atom is -0.151 e. The number of hydrogen-bond donors (Lipinski definition) is 0. The second-order valence-electron chi connectivity index (χ2n) is 9.32. The van der Waals surface area contributed by atoms with Gasteiger partial charge >= 0.3 is 0 Å². The third-order valence-electron chi connectivity index (χ3n) is 7.16. The number of hydrogen-bond acceptors (Lipinski definition) is 4. The zero-order valence-corrected chi connectivity index (χ0v) is 21.8. The normalized spacial score (nSPS) is 13.9. The summed E-state index contributed by atoms with van der Waals surface area (Å²) < 4.78 is 0. The van der Waals surface area contributed by atoms with E-state index in [4.69, 9.17) is 0 Å². The molecule has 1 heterocycles. The van der Waals surface area contributed by atoms with E-state index in [1.165, 1.54) is 44.7 Å². The largest absolute Gasteiger partial charge is 0.151 e. The van der Waals surface area contributed by atoms with Crippen LogP contribution in [0.1, 0.15) is 25.0 Å². The van der Waals surface area contributed by atoms with E-state index < -0.39 is 8.07 Å². The summed E-state index contributed by atoms with van der Waals surface area (Å²) in [7, 11) is -1.80. The highest BCUT2D eigenvalue weighted by atomic mass is 28.3. The molecule has 35 heavy (non-hydrogen) atoms. The Hall–Kier alpha value is -3.70. The van der Waals surface area contributed by atoms with Gasteiger partial charge in [-0.25, -0.2) is 0 Å². The zero-order valence-electron chi connectivity index (χ0n) is 20.8. The van der Waals surface area contributed by atoms with E-state index in [2.05, 4.69) is 109 Å². The molecule has 0 saturated carbocycles. The molecule has 0 amide bonds. The third-order valence-corrected chi connectivity index (χ3v) is 12.5. The summed E-state index contributed by atoms with van der Waals surface area (Å²) in [5.41, 5.74) is 8.47. The first-order valence-corrected chi connectivity index (χ1v) is 14.7. The van der Waals surface area contributed by atoms with Crippen LogP contribution in [0.4, 0.5) is 22.7 Å². The van der Waals surface area contributed by atoms with Gasteiger partial charge in [0.15, 0.2) is 0 Å². The van der Waals surface area contributed by atoms with E-state index >= 15 is 0 Å². The SMILES string of the molecule is CC[Si]1(CC)c2ccc(/N=N/c3ccc(C)cc3)cc2-c2cc(/N=N/c3ccc(C)cc3)ccc21. The maximum atomic E-state index is 4.56. The Bertz CT molecular complexity index is 1310. The molecule has 4 aromatic carbocycles. The van der Waals surface area contributed by atoms with Crippen LogP contribution in [0.3, 0.4) is 0 Å². The van der Waals surface area contributed by atoms with Crippen molar-refractivity contribution in [3.8, 4) is 11.1 Å². The van der Waals surface area contributed by atoms with Crippen molar-refractivity contribution in [3.63, 3.8) is 0 Å². The Balaban J connectivity index is 1.54. The molecular formula is C30H30N4Si. The standard InChI is InChI=1S/C30H30N4Si/c1-5-35(6-2)29-17-15-25(33-31-23-11-7-21(3)8-12-23)19-27(29)28-20-26(16-18-30(28)35)34-32-24-13-9-22(4)10-14-24/h7-20H,5-6H2,1-4H3/b33-31+,34-32+. The lowest BCUT2D eigenvalue weighted by molar-refractivity contribution is 1.23. The van der Waals surface area contributed by atoms with Gasteiger partial charge in [0.2, 0.25) is 0 Å². The van der Waals surface area contributed by atoms with Crippen LogP contribution < -0.4 is 10.4 Å². The maximum absolute atomic E-state index is 4.56. The molecule has 5 heteroatoms. The van der Waals surface area contributed by atoms with Gasteiger partial charge < -0.3 is 0 Å². The van der Waals surface area contributed by atoms with Gasteiger partial charge in [0.25, 0.3) is 0 Å². The number of fused-ring (bicyclic) bond motifs is 3. The highest BCUT2D eigenvalue weighted by Crippen LogP contribution is 2.37. The second-order valence-corrected chi connectivity index (χ2v) is 14.0. The molecule has 0 N–H and O–H groups in total. The predicted octanol–water partition coefficient (Wildman–Crippen LogP) is 8.72. The average Bonchev–Trinajstić information content (AvgIpc) is 3.17. The quantitative estimate of drug-likeness (QED) is 0.198. The number of aryl methyl sites for hydroxylation is 2. The molecule has 0 fully saturated rings. The smallest absolute Gasteiger partial charge is 0.119 e. The highest BCUT2D eigenvalue weighted by Gasteiger charge is 2.42. The van der Waals surface area contributed by atoms with Gasteiger partial charge in [-0.2, -0.15) is 20.5 Å². The van der Waals surface area contributed by atoms with Crippen LogP contribution in [0.5, 0.6) is 0 Å². The molecule has 174 valence electrons. The minimum atomic E-state index is -1.80. The third kappa shape index (κ3) is 4.39. The Morgan fingerprint density at radius 3 is 1.20 bits per heavy atom. The zero-order chi connectivity index (χ0) is 24.4. The Morgan fingerprint density at radius 1 is 0.486 bits per heavy atom. The highest BCUT2D eigenvalue weighted by molar-refractivity contribution is 7.05. The molecule has 0 spiro atoms. The monoisotopic (exact) mass is 474 g/mol. The summed E-state index contributed by atoms with van der Waals surface area (Å²) in [5.74, 6) is 0. The summed E-state index contributed by atoms with van der Waals surface area (Å²) in [4.78, 5) is 0. The number of azo groups is 2. The molecule has 0 saturated heterocycles. The summed E-state index contributed by atoms with van der Waals surface area (Å²) in [6.07, 6.45) is 0. The topological polar surface area (TPSA) is 49.4 Å². The van der Waals surface area contributed by atoms with Crippen molar-refractivity contribution in [2.24, 2.45) is 20.5 Å². The van der Waals surface area contributed by atoms with Crippen molar-refractivity contribution in [3.05, 3.63) is 96.1 Å². The van der Waals surface area contributed by atoms with Crippen molar-refractivity contribution < 1.29 is 0 Å². The van der Waals surface area contributed by atoms with Crippen LogP contribution in [0.15, 0.2) is 105 Å². The van der Waals surface area contributed by atoms with E-state index in [-0.39, 0.29) is 0 Å². The molecule has 0 aromatic heterocycles. The summed E-state index contributed by atoms with van der Waals surface area (Å²) in [6, 6.07) is 31.8. The minimum absolute atomic E-state index is 0.862. The fourth-order valence-corrected chi connectivity index (χ4v) is 9.64. The molecule has 1 aliphatic heterocycles. The predicted molar refractivity (Wildman–Crippen MR) is 149 cm³/mol. The van der Waals surface area contributed by atoms with Crippen LogP contribution in [0, 0.1) is 13.8 Å². The van der Waals surface area contributed by atoms with Gasteiger partial charge in [0, 0.05) is 0 Å². The van der Waals surface area contributed by atoms with Crippen LogP contribution in [0.2, 0.25) is 12.1 Å². The van der Waals surface area contributed by atoms with Crippen molar-refractivity contribution in [1.29, 1.82) is 0 Å². The Kier molecular flexibility index (Phi) is 6.26. The van der Waals surface area contributed by atoms with Crippen LogP contribution >= 0.6 is 0 Å². The van der Waals surface area contributed by atoms with E-state index in [9.17, 15) is 0 Å². The summed E-state index contributed by atoms with van der Waals surface area (Å²) in [5, 5.41) is 21.0. The van der Waals surface area contributed by atoms with Crippen LogP contribution in [0.25, 0.3) is 11.1 Å². The lowest BCUT2D eigenvalue weighted by Gasteiger charge is -2.26. The van der Waals surface area contributed by atoms with E-state index in [1.807, 2.05) is 24.3 Å². The van der Waals surface area contributed by atoms with Crippen molar-refractivity contribution in [2.45, 2.75) is 39.8 Å². The van der Waals surface area contributed by atoms with Gasteiger partial charge in [-0.3, -0.25) is 0 Å². The Labute approximate surface area is 208 Å². The Morgan fingerprint density at radius 2 is 0.829 bits per heavy atom. The number of rotatable bonds is 6. The van der Waals surface area contributed by atoms with Gasteiger partial charge in [0.05, 0.1) is 22.7 Å². The summed E-state index contributed by atoms with van der Waals surface area (Å²) in [6.45, 7) is 8.82. The molecule has 0 radical (unpaired) electrons. The number of benzene rings is 4. The molecule has 0 atom stereocenters. The van der Waals surface area contributed by atoms with E-state index in [1.54, 1.807) is 0 Å². The van der Waals surface area contributed by atoms with Crippen molar-refractivity contribution in [2.75, 3.05) is 0 Å². The van der Waals surface area contributed by atoms with Crippen LogP contribution in [-0.2, 0) is 0 Å². The van der Waals surface area contributed by atoms with Gasteiger partial charge in [-0.05, 0) is 83.9 Å². The van der Waals surface area contributed by atoms with E-state index in [0.717, 1.165) is 22.7 Å². The molecule has 0 unspecified atom stereocenters. The first-order valence-electron chi connectivity index (χ1n) is 12.3. The molecule has 5 rings (SSSR count). The lowest BCUT2D eigenvalue weighted by atomic mass is 10.0. The molecule has 4 nitrogen and oxygen atoms in total. The van der Waals surface area contributed by atoms with Gasteiger partial charge in [-0.15, -0.1) is 0 Å². The molecule has 1 aliphatic rings.